The Balaban J connectivity index is 1.67. The van der Waals surface area contributed by atoms with Crippen LogP contribution in [0.15, 0.2) is 29.0 Å². The summed E-state index contributed by atoms with van der Waals surface area (Å²) >= 11 is 3.49. The molecule has 4 rings (SSSR count). The normalized spacial score (nSPS) is 25.0. The van der Waals surface area contributed by atoms with Crippen LogP contribution in [0.5, 0.6) is 0 Å². The van der Waals surface area contributed by atoms with Crippen LogP contribution in [0.25, 0.3) is 0 Å². The van der Waals surface area contributed by atoms with Crippen molar-refractivity contribution in [2.75, 3.05) is 26.4 Å². The summed E-state index contributed by atoms with van der Waals surface area (Å²) in [6, 6.07) is 6.33. The average Bonchev–Trinajstić information content (AvgIpc) is 3.25. The van der Waals surface area contributed by atoms with Gasteiger partial charge in [0.15, 0.2) is 6.10 Å². The second-order valence-corrected chi connectivity index (χ2v) is 7.41. The predicted octanol–water partition coefficient (Wildman–Crippen LogP) is 2.70. The van der Waals surface area contributed by atoms with Crippen molar-refractivity contribution in [3.05, 3.63) is 44.3 Å². The van der Waals surface area contributed by atoms with E-state index < -0.39 is 6.10 Å². The van der Waals surface area contributed by atoms with Crippen molar-refractivity contribution in [2.45, 2.75) is 18.6 Å². The Morgan fingerprint density at radius 2 is 2.18 bits per heavy atom. The number of hydrogen-bond donors (Lipinski definition) is 0. The highest BCUT2D eigenvalue weighted by Gasteiger charge is 2.37. The summed E-state index contributed by atoms with van der Waals surface area (Å²) in [5.41, 5.74) is 1.27. The summed E-state index contributed by atoms with van der Waals surface area (Å²) in [7, 11) is 0. The molecule has 4 heterocycles. The Bertz CT molecular complexity index is 646. The monoisotopic (exact) mass is 335 g/mol. The van der Waals surface area contributed by atoms with E-state index in [2.05, 4.69) is 22.9 Å². The fourth-order valence-electron chi connectivity index (χ4n) is 3.12. The number of thiophene rings is 2. The molecule has 0 aromatic carbocycles. The van der Waals surface area contributed by atoms with E-state index in [-0.39, 0.29) is 11.9 Å². The Morgan fingerprint density at radius 3 is 2.95 bits per heavy atom. The topological polar surface area (TPSA) is 38.8 Å². The number of carbonyl (C=O) groups excluding carboxylic acids is 1. The molecular formula is C16H17NO3S2. The van der Waals surface area contributed by atoms with Crippen molar-refractivity contribution >= 4 is 28.6 Å². The number of carbonyl (C=O) groups is 1. The van der Waals surface area contributed by atoms with Crippen molar-refractivity contribution in [2.24, 2.45) is 0 Å². The minimum absolute atomic E-state index is 0.0213. The Kier molecular flexibility index (Phi) is 4.00. The van der Waals surface area contributed by atoms with Crippen LogP contribution in [0.1, 0.15) is 21.4 Å². The van der Waals surface area contributed by atoms with Gasteiger partial charge in [0.2, 0.25) is 0 Å². The van der Waals surface area contributed by atoms with E-state index in [1.165, 1.54) is 15.3 Å². The smallest absolute Gasteiger partial charge is 0.254 e. The molecule has 2 aliphatic heterocycles. The number of amides is 1. The third-order valence-corrected chi connectivity index (χ3v) is 6.07. The van der Waals surface area contributed by atoms with Crippen LogP contribution >= 0.6 is 22.7 Å². The van der Waals surface area contributed by atoms with Gasteiger partial charge in [-0.15, -0.1) is 22.7 Å². The van der Waals surface area contributed by atoms with E-state index in [0.717, 1.165) is 13.0 Å². The van der Waals surface area contributed by atoms with Crippen molar-refractivity contribution < 1.29 is 14.3 Å². The zero-order chi connectivity index (χ0) is 14.9. The molecule has 0 spiro atoms. The summed E-state index contributed by atoms with van der Waals surface area (Å²) in [5.74, 6) is 0.0509. The Morgan fingerprint density at radius 1 is 1.23 bits per heavy atom. The van der Waals surface area contributed by atoms with Crippen LogP contribution in [0.4, 0.5) is 0 Å². The first kappa shape index (κ1) is 14.4. The minimum Gasteiger partial charge on any atom is -0.376 e. The lowest BCUT2D eigenvalue weighted by atomic mass is 9.98. The summed E-state index contributed by atoms with van der Waals surface area (Å²) in [6.45, 7) is 2.18. The van der Waals surface area contributed by atoms with Gasteiger partial charge < -0.3 is 14.4 Å². The van der Waals surface area contributed by atoms with Gasteiger partial charge >= 0.3 is 0 Å². The molecule has 1 amide bonds. The fraction of sp³-hybridized carbons (Fsp3) is 0.438. The number of nitrogens with zero attached hydrogens (tertiary/aromatic N) is 1. The molecule has 0 unspecified atom stereocenters. The molecule has 2 aliphatic rings. The second-order valence-electron chi connectivity index (χ2n) is 5.43. The van der Waals surface area contributed by atoms with Gasteiger partial charge in [0.1, 0.15) is 0 Å². The molecule has 116 valence electrons. The van der Waals surface area contributed by atoms with Crippen LogP contribution in [-0.2, 0) is 20.7 Å². The molecule has 2 atom stereocenters. The first-order chi connectivity index (χ1) is 10.8. The van der Waals surface area contributed by atoms with E-state index >= 15 is 0 Å². The van der Waals surface area contributed by atoms with Gasteiger partial charge in [-0.1, -0.05) is 6.07 Å². The fourth-order valence-corrected chi connectivity index (χ4v) is 4.88. The number of ether oxygens (including phenoxy) is 2. The van der Waals surface area contributed by atoms with Gasteiger partial charge in [-0.25, -0.2) is 0 Å². The lowest BCUT2D eigenvalue weighted by molar-refractivity contribution is -0.159. The van der Waals surface area contributed by atoms with Crippen molar-refractivity contribution in [3.8, 4) is 0 Å². The summed E-state index contributed by atoms with van der Waals surface area (Å²) in [4.78, 5) is 17.5. The molecule has 0 N–H and O–H groups in total. The summed E-state index contributed by atoms with van der Waals surface area (Å²) in [5, 5.41) is 4.19. The lowest BCUT2D eigenvalue weighted by Crippen LogP contribution is -2.48. The van der Waals surface area contributed by atoms with Gasteiger partial charge in [0.25, 0.3) is 5.91 Å². The van der Waals surface area contributed by atoms with Crippen LogP contribution in [0.2, 0.25) is 0 Å². The number of fused-ring (bicyclic) bond motifs is 1. The van der Waals surface area contributed by atoms with Crippen LogP contribution in [0.3, 0.4) is 0 Å². The van der Waals surface area contributed by atoms with E-state index in [0.29, 0.717) is 19.8 Å². The van der Waals surface area contributed by atoms with Gasteiger partial charge in [0, 0.05) is 16.3 Å². The van der Waals surface area contributed by atoms with Crippen LogP contribution < -0.4 is 0 Å². The highest BCUT2D eigenvalue weighted by molar-refractivity contribution is 7.10. The molecule has 0 radical (unpaired) electrons. The zero-order valence-electron chi connectivity index (χ0n) is 12.1. The largest absolute Gasteiger partial charge is 0.376 e. The molecule has 22 heavy (non-hydrogen) atoms. The summed E-state index contributed by atoms with van der Waals surface area (Å²) < 4.78 is 11.0. The molecule has 4 nitrogen and oxygen atoms in total. The third kappa shape index (κ3) is 2.50. The van der Waals surface area contributed by atoms with E-state index in [1.54, 1.807) is 22.7 Å². The SMILES string of the molecule is O=C([C@@H]1COCCO1)N1CCc2sccc2[C@H]1c1cccs1. The third-order valence-electron chi connectivity index (χ3n) is 4.15. The highest BCUT2D eigenvalue weighted by Crippen LogP contribution is 2.39. The minimum atomic E-state index is -0.462. The van der Waals surface area contributed by atoms with Gasteiger partial charge in [0.05, 0.1) is 25.9 Å². The van der Waals surface area contributed by atoms with Crippen molar-refractivity contribution in [3.63, 3.8) is 0 Å². The van der Waals surface area contributed by atoms with Crippen LogP contribution in [-0.4, -0.2) is 43.3 Å². The maximum absolute atomic E-state index is 12.9. The molecule has 6 heteroatoms. The molecule has 0 bridgehead atoms. The maximum atomic E-state index is 12.9. The van der Waals surface area contributed by atoms with Crippen molar-refractivity contribution in [1.29, 1.82) is 0 Å². The number of rotatable bonds is 2. The first-order valence-electron chi connectivity index (χ1n) is 7.44. The average molecular weight is 335 g/mol. The van der Waals surface area contributed by atoms with Gasteiger partial charge in [-0.3, -0.25) is 4.79 Å². The Labute approximate surface area is 137 Å². The molecule has 2 aromatic rings. The first-order valence-corrected chi connectivity index (χ1v) is 9.20. The summed E-state index contributed by atoms with van der Waals surface area (Å²) in [6.07, 6.45) is 0.463. The maximum Gasteiger partial charge on any atom is 0.254 e. The number of hydrogen-bond acceptors (Lipinski definition) is 5. The molecule has 0 aliphatic carbocycles. The van der Waals surface area contributed by atoms with E-state index in [1.807, 2.05) is 11.0 Å². The van der Waals surface area contributed by atoms with Crippen molar-refractivity contribution in [1.82, 2.24) is 4.90 Å². The van der Waals surface area contributed by atoms with E-state index in [4.69, 9.17) is 9.47 Å². The zero-order valence-corrected chi connectivity index (χ0v) is 13.7. The molecule has 0 saturated carbocycles. The molecule has 2 aromatic heterocycles. The highest BCUT2D eigenvalue weighted by atomic mass is 32.1. The standard InChI is InChI=1S/C16H17NO3S2/c18-16(12-10-19-6-7-20-12)17-5-3-13-11(4-9-22-13)15(17)14-2-1-8-21-14/h1-2,4,8-9,12,15H,3,5-7,10H2/t12-,15-/m0/s1. The second kappa shape index (κ2) is 6.12. The van der Waals surface area contributed by atoms with Crippen LogP contribution in [0, 0.1) is 0 Å². The quantitative estimate of drug-likeness (QED) is 0.847. The van der Waals surface area contributed by atoms with Gasteiger partial charge in [-0.05, 0) is 34.9 Å². The molecular weight excluding hydrogens is 318 g/mol. The predicted molar refractivity (Wildman–Crippen MR) is 86.5 cm³/mol. The Hall–Kier alpha value is -1.21. The van der Waals surface area contributed by atoms with E-state index in [9.17, 15) is 4.79 Å². The molecule has 1 fully saturated rings. The lowest BCUT2D eigenvalue weighted by Gasteiger charge is -2.38. The molecule has 1 saturated heterocycles. The van der Waals surface area contributed by atoms with Gasteiger partial charge in [-0.2, -0.15) is 0 Å².